The van der Waals surface area contributed by atoms with E-state index in [1.807, 2.05) is 0 Å². The molecule has 4 N–H and O–H groups in total. The van der Waals surface area contributed by atoms with E-state index in [-0.39, 0.29) is 31.2 Å². The first kappa shape index (κ1) is 15.6. The van der Waals surface area contributed by atoms with Gasteiger partial charge in [0.25, 0.3) is 0 Å². The number of carboxylic acid groups (broad SMARTS) is 1. The number of aromatic nitrogens is 3. The number of halogens is 2. The van der Waals surface area contributed by atoms with Crippen molar-refractivity contribution in [1.82, 2.24) is 15.0 Å². The third kappa shape index (κ3) is 3.29. The highest BCUT2D eigenvalue weighted by molar-refractivity contribution is 5.85. The summed E-state index contributed by atoms with van der Waals surface area (Å²) in [6, 6.07) is -0.899. The lowest BCUT2D eigenvalue weighted by Gasteiger charge is -2.03. The molecule has 0 aliphatic rings. The van der Waals surface area contributed by atoms with Crippen LogP contribution in [-0.4, -0.2) is 32.1 Å². The topological polar surface area (TPSA) is 105 Å². The van der Waals surface area contributed by atoms with E-state index in [1.54, 1.807) is 12.4 Å². The summed E-state index contributed by atoms with van der Waals surface area (Å²) in [6.45, 7) is 0. The van der Waals surface area contributed by atoms with Crippen molar-refractivity contribution in [2.45, 2.75) is 12.5 Å². The summed E-state index contributed by atoms with van der Waals surface area (Å²) in [6.07, 6.45) is 5.05. The van der Waals surface area contributed by atoms with Gasteiger partial charge in [-0.2, -0.15) is 0 Å². The number of aromatic amines is 1. The number of hydrogen-bond acceptors (Lipinski definition) is 4. The van der Waals surface area contributed by atoms with Gasteiger partial charge in [0, 0.05) is 24.2 Å². The third-order valence-electron chi connectivity index (χ3n) is 2.20. The first-order valence-corrected chi connectivity index (χ1v) is 4.43. The van der Waals surface area contributed by atoms with Crippen molar-refractivity contribution in [1.29, 1.82) is 0 Å². The lowest BCUT2D eigenvalue weighted by atomic mass is 10.1. The number of hydrogen-bond donors (Lipinski definition) is 3. The number of rotatable bonds is 3. The molecule has 2 aromatic heterocycles. The van der Waals surface area contributed by atoms with Crippen LogP contribution in [0.25, 0.3) is 11.0 Å². The molecule has 0 aliphatic carbocycles. The summed E-state index contributed by atoms with van der Waals surface area (Å²) in [5.74, 6) is -1.01. The third-order valence-corrected chi connectivity index (χ3v) is 2.20. The molecule has 0 saturated heterocycles. The number of carboxylic acids is 1. The smallest absolute Gasteiger partial charge is 0.320 e. The van der Waals surface area contributed by atoms with Crippen molar-refractivity contribution in [2.75, 3.05) is 0 Å². The monoisotopic (exact) mass is 278 g/mol. The molecular weight excluding hydrogens is 267 g/mol. The largest absolute Gasteiger partial charge is 0.480 e. The van der Waals surface area contributed by atoms with Crippen LogP contribution in [-0.2, 0) is 11.2 Å². The van der Waals surface area contributed by atoms with Gasteiger partial charge in [0.05, 0.1) is 0 Å². The van der Waals surface area contributed by atoms with Gasteiger partial charge in [-0.05, 0) is 5.56 Å². The summed E-state index contributed by atoms with van der Waals surface area (Å²) in [4.78, 5) is 21.4. The molecule has 94 valence electrons. The van der Waals surface area contributed by atoms with Crippen molar-refractivity contribution < 1.29 is 9.90 Å². The van der Waals surface area contributed by atoms with Gasteiger partial charge >= 0.3 is 5.97 Å². The molecule has 0 fully saturated rings. The Morgan fingerprint density at radius 3 is 2.88 bits per heavy atom. The maximum Gasteiger partial charge on any atom is 0.320 e. The average Bonchev–Trinajstić information content (AvgIpc) is 2.62. The minimum Gasteiger partial charge on any atom is -0.480 e. The van der Waals surface area contributed by atoms with Crippen LogP contribution in [0.2, 0.25) is 0 Å². The van der Waals surface area contributed by atoms with E-state index in [0.717, 1.165) is 10.9 Å². The lowest BCUT2D eigenvalue weighted by Crippen LogP contribution is -2.32. The summed E-state index contributed by atoms with van der Waals surface area (Å²) < 4.78 is 0. The quantitative estimate of drug-likeness (QED) is 0.769. The molecule has 6 nitrogen and oxygen atoms in total. The number of nitrogens with zero attached hydrogens (tertiary/aromatic N) is 2. The summed E-state index contributed by atoms with van der Waals surface area (Å²) >= 11 is 0. The number of nitrogens with one attached hydrogen (secondary N) is 1. The maximum atomic E-state index is 10.6. The first-order valence-electron chi connectivity index (χ1n) is 4.43. The number of fused-ring (bicyclic) bond motifs is 1. The molecule has 2 aromatic rings. The van der Waals surface area contributed by atoms with Gasteiger partial charge in [-0.15, -0.1) is 24.8 Å². The molecule has 0 spiro atoms. The molecule has 0 radical (unpaired) electrons. The summed E-state index contributed by atoms with van der Waals surface area (Å²) in [5, 5.41) is 9.50. The number of nitrogens with two attached hydrogens (primary N) is 1. The molecule has 0 aromatic carbocycles. The normalized spacial score (nSPS) is 11.4. The molecule has 8 heteroatoms. The van der Waals surface area contributed by atoms with Gasteiger partial charge in [0.15, 0.2) is 0 Å². The van der Waals surface area contributed by atoms with Crippen LogP contribution < -0.4 is 5.73 Å². The zero-order valence-electron chi connectivity index (χ0n) is 8.66. The fraction of sp³-hybridized carbons (Fsp3) is 0.222. The lowest BCUT2D eigenvalue weighted by molar-refractivity contribution is -0.138. The van der Waals surface area contributed by atoms with E-state index in [0.29, 0.717) is 5.65 Å². The minimum atomic E-state index is -1.01. The van der Waals surface area contributed by atoms with Crippen molar-refractivity contribution in [3.8, 4) is 0 Å². The van der Waals surface area contributed by atoms with Crippen LogP contribution in [0, 0.1) is 0 Å². The van der Waals surface area contributed by atoms with Crippen molar-refractivity contribution >= 4 is 41.8 Å². The molecule has 2 heterocycles. The predicted molar refractivity (Wildman–Crippen MR) is 67.7 cm³/mol. The van der Waals surface area contributed by atoms with Gasteiger partial charge in [-0.25, -0.2) is 9.97 Å². The zero-order chi connectivity index (χ0) is 10.8. The highest BCUT2D eigenvalue weighted by Gasteiger charge is 2.14. The molecule has 1 unspecified atom stereocenters. The van der Waals surface area contributed by atoms with Crippen LogP contribution >= 0.6 is 24.8 Å². The SMILES string of the molecule is Cl.Cl.NC(Cc1c[nH]c2ncncc12)C(=O)O. The molecule has 0 amide bonds. The second kappa shape index (κ2) is 6.39. The average molecular weight is 279 g/mol. The zero-order valence-corrected chi connectivity index (χ0v) is 10.3. The van der Waals surface area contributed by atoms with Crippen molar-refractivity contribution in [2.24, 2.45) is 5.73 Å². The Kier molecular flexibility index (Phi) is 5.87. The second-order valence-corrected chi connectivity index (χ2v) is 3.25. The minimum absolute atomic E-state index is 0. The van der Waals surface area contributed by atoms with E-state index >= 15 is 0 Å². The molecular formula is C9H12Cl2N4O2. The molecule has 0 aliphatic heterocycles. The van der Waals surface area contributed by atoms with E-state index < -0.39 is 12.0 Å². The highest BCUT2D eigenvalue weighted by atomic mass is 35.5. The van der Waals surface area contributed by atoms with E-state index in [9.17, 15) is 4.79 Å². The van der Waals surface area contributed by atoms with Gasteiger partial charge in [-0.1, -0.05) is 0 Å². The molecule has 0 saturated carbocycles. The first-order chi connectivity index (χ1) is 7.18. The van der Waals surface area contributed by atoms with Crippen molar-refractivity contribution in [3.05, 3.63) is 24.3 Å². The number of H-pyrrole nitrogens is 1. The maximum absolute atomic E-state index is 10.6. The van der Waals surface area contributed by atoms with Crippen molar-refractivity contribution in [3.63, 3.8) is 0 Å². The van der Waals surface area contributed by atoms with Gasteiger partial charge in [-0.3, -0.25) is 4.79 Å². The molecule has 17 heavy (non-hydrogen) atoms. The highest BCUT2D eigenvalue weighted by Crippen LogP contribution is 2.15. The second-order valence-electron chi connectivity index (χ2n) is 3.25. The molecule has 2 rings (SSSR count). The summed E-state index contributed by atoms with van der Waals surface area (Å²) in [5.41, 5.74) is 6.96. The predicted octanol–water partition coefficient (Wildman–Crippen LogP) is 0.756. The number of aliphatic carboxylic acids is 1. The van der Waals surface area contributed by atoms with Crippen LogP contribution in [0.3, 0.4) is 0 Å². The Labute approximate surface area is 109 Å². The van der Waals surface area contributed by atoms with Crippen LogP contribution in [0.1, 0.15) is 5.56 Å². The number of carbonyl (C=O) groups is 1. The van der Waals surface area contributed by atoms with E-state index in [4.69, 9.17) is 10.8 Å². The van der Waals surface area contributed by atoms with Gasteiger partial charge in [0.2, 0.25) is 0 Å². The van der Waals surface area contributed by atoms with E-state index in [2.05, 4.69) is 15.0 Å². The fourth-order valence-corrected chi connectivity index (χ4v) is 1.41. The van der Waals surface area contributed by atoms with Crippen LogP contribution in [0.5, 0.6) is 0 Å². The Balaban J connectivity index is 0.00000128. The van der Waals surface area contributed by atoms with Crippen LogP contribution in [0.4, 0.5) is 0 Å². The standard InChI is InChI=1S/C9H10N4O2.2ClH/c10-7(9(14)15)1-5-2-12-8-6(5)3-11-4-13-8;;/h2-4,7H,1,10H2,(H,14,15)(H,11,12,13);2*1H. The van der Waals surface area contributed by atoms with Crippen LogP contribution in [0.15, 0.2) is 18.7 Å². The van der Waals surface area contributed by atoms with E-state index in [1.165, 1.54) is 6.33 Å². The molecule has 0 bridgehead atoms. The Morgan fingerprint density at radius 2 is 2.24 bits per heavy atom. The Bertz CT molecular complexity index is 502. The Hall–Kier alpha value is -1.37. The Morgan fingerprint density at radius 1 is 1.53 bits per heavy atom. The van der Waals surface area contributed by atoms with Gasteiger partial charge in [0.1, 0.15) is 18.0 Å². The summed E-state index contributed by atoms with van der Waals surface area (Å²) in [7, 11) is 0. The fourth-order valence-electron chi connectivity index (χ4n) is 1.41. The van der Waals surface area contributed by atoms with Gasteiger partial charge < -0.3 is 15.8 Å². The molecule has 1 atom stereocenters.